The quantitative estimate of drug-likeness (QED) is 0.272. The summed E-state index contributed by atoms with van der Waals surface area (Å²) >= 11 is 3.42. The second-order valence-corrected chi connectivity index (χ2v) is 6.79. The molecular formula is C23H15BrFNO2. The number of hydrogen-bond donors (Lipinski definition) is 0. The number of carbonyl (C=O) groups is 1. The molecule has 0 spiro atoms. The van der Waals surface area contributed by atoms with Crippen molar-refractivity contribution in [2.45, 2.75) is 6.61 Å². The average molecular weight is 436 g/mol. The maximum Gasteiger partial charge on any atom is 0.203 e. The summed E-state index contributed by atoms with van der Waals surface area (Å²) in [5.41, 5.74) is 1.63. The molecule has 0 fully saturated rings. The second kappa shape index (κ2) is 9.12. The fourth-order valence-corrected chi connectivity index (χ4v) is 3.07. The fraction of sp³-hybridized carbons (Fsp3) is 0.0435. The topological polar surface area (TPSA) is 50.1 Å². The van der Waals surface area contributed by atoms with Crippen LogP contribution in [0.2, 0.25) is 0 Å². The molecule has 28 heavy (non-hydrogen) atoms. The van der Waals surface area contributed by atoms with Gasteiger partial charge in [0.1, 0.15) is 29.8 Å². The van der Waals surface area contributed by atoms with Crippen molar-refractivity contribution < 1.29 is 13.9 Å². The minimum absolute atomic E-state index is 0.0399. The molecule has 3 rings (SSSR count). The molecule has 0 aliphatic carbocycles. The van der Waals surface area contributed by atoms with Gasteiger partial charge in [-0.1, -0.05) is 54.6 Å². The van der Waals surface area contributed by atoms with Crippen molar-refractivity contribution in [2.75, 3.05) is 0 Å². The number of nitriles is 1. The third-order valence-electron chi connectivity index (χ3n) is 4.01. The van der Waals surface area contributed by atoms with Crippen LogP contribution >= 0.6 is 15.9 Å². The van der Waals surface area contributed by atoms with E-state index in [0.717, 1.165) is 0 Å². The summed E-state index contributed by atoms with van der Waals surface area (Å²) in [7, 11) is 0. The standard InChI is InChI=1S/C23H15BrFNO2/c24-20-13-16(12-19(14-26)23(27)17-6-2-1-3-7-17)10-11-22(20)28-15-18-8-4-5-9-21(18)25/h1-13H,15H2/b19-12+. The van der Waals surface area contributed by atoms with E-state index in [1.807, 2.05) is 12.1 Å². The molecule has 138 valence electrons. The lowest BCUT2D eigenvalue weighted by Crippen LogP contribution is -2.01. The number of hydrogen-bond acceptors (Lipinski definition) is 3. The zero-order valence-electron chi connectivity index (χ0n) is 14.7. The second-order valence-electron chi connectivity index (χ2n) is 5.93. The van der Waals surface area contributed by atoms with E-state index in [-0.39, 0.29) is 23.8 Å². The summed E-state index contributed by atoms with van der Waals surface area (Å²) in [6.45, 7) is 0.0936. The zero-order chi connectivity index (χ0) is 19.9. The van der Waals surface area contributed by atoms with Crippen LogP contribution < -0.4 is 4.74 Å². The largest absolute Gasteiger partial charge is 0.488 e. The predicted octanol–water partition coefficient (Wildman–Crippen LogP) is 5.96. The van der Waals surface area contributed by atoms with Crippen molar-refractivity contribution in [1.29, 1.82) is 5.26 Å². The Balaban J connectivity index is 1.77. The van der Waals surface area contributed by atoms with Crippen LogP contribution in [-0.2, 0) is 6.61 Å². The average Bonchev–Trinajstić information content (AvgIpc) is 2.72. The highest BCUT2D eigenvalue weighted by molar-refractivity contribution is 9.10. The predicted molar refractivity (Wildman–Crippen MR) is 109 cm³/mol. The molecule has 0 heterocycles. The Morgan fingerprint density at radius 2 is 1.79 bits per heavy atom. The van der Waals surface area contributed by atoms with Gasteiger partial charge < -0.3 is 4.74 Å². The minimum atomic E-state index is -0.334. The summed E-state index contributed by atoms with van der Waals surface area (Å²) in [5, 5.41) is 9.37. The third kappa shape index (κ3) is 4.73. The van der Waals surface area contributed by atoms with Crippen molar-refractivity contribution in [3.05, 3.63) is 105 Å². The van der Waals surface area contributed by atoms with E-state index in [2.05, 4.69) is 15.9 Å². The molecule has 0 aliphatic rings. The smallest absolute Gasteiger partial charge is 0.203 e. The van der Waals surface area contributed by atoms with Gasteiger partial charge in [-0.15, -0.1) is 0 Å². The monoisotopic (exact) mass is 435 g/mol. The molecule has 0 N–H and O–H groups in total. The minimum Gasteiger partial charge on any atom is -0.488 e. The molecule has 0 unspecified atom stereocenters. The Kier molecular flexibility index (Phi) is 6.36. The molecule has 0 aromatic heterocycles. The molecule has 3 nitrogen and oxygen atoms in total. The van der Waals surface area contributed by atoms with Gasteiger partial charge in [0.05, 0.1) is 4.47 Å². The number of benzene rings is 3. The van der Waals surface area contributed by atoms with E-state index in [4.69, 9.17) is 4.74 Å². The first-order chi connectivity index (χ1) is 13.6. The zero-order valence-corrected chi connectivity index (χ0v) is 16.3. The van der Waals surface area contributed by atoms with Gasteiger partial charge in [-0.25, -0.2) is 4.39 Å². The first kappa shape index (κ1) is 19.5. The van der Waals surface area contributed by atoms with Crippen molar-refractivity contribution in [2.24, 2.45) is 0 Å². The Labute approximate surface area is 170 Å². The molecule has 3 aromatic rings. The summed E-state index contributed by atoms with van der Waals surface area (Å²) in [4.78, 5) is 12.5. The molecule has 5 heteroatoms. The molecule has 0 amide bonds. The number of nitrogens with zero attached hydrogens (tertiary/aromatic N) is 1. The molecule has 0 radical (unpaired) electrons. The molecule has 0 atom stereocenters. The molecular weight excluding hydrogens is 421 g/mol. The summed E-state index contributed by atoms with van der Waals surface area (Å²) in [6.07, 6.45) is 1.53. The number of allylic oxidation sites excluding steroid dienone is 1. The summed E-state index contributed by atoms with van der Waals surface area (Å²) < 4.78 is 20.0. The Bertz CT molecular complexity index is 1070. The van der Waals surface area contributed by atoms with Crippen molar-refractivity contribution >= 4 is 27.8 Å². The van der Waals surface area contributed by atoms with Gasteiger partial charge in [0.2, 0.25) is 5.78 Å². The van der Waals surface area contributed by atoms with Crippen LogP contribution in [0.1, 0.15) is 21.5 Å². The number of ketones is 1. The SMILES string of the molecule is N#C/C(=C\c1ccc(OCc2ccccc2F)c(Br)c1)C(=O)c1ccccc1. The Hall–Kier alpha value is -3.23. The lowest BCUT2D eigenvalue weighted by molar-refractivity contribution is 0.104. The van der Waals surface area contributed by atoms with Crippen LogP contribution in [0.25, 0.3) is 6.08 Å². The number of Topliss-reactive ketones (excluding diaryl/α,β-unsaturated/α-hetero) is 1. The van der Waals surface area contributed by atoms with Gasteiger partial charge in [-0.05, 0) is 45.8 Å². The van der Waals surface area contributed by atoms with Gasteiger partial charge >= 0.3 is 0 Å². The highest BCUT2D eigenvalue weighted by Gasteiger charge is 2.12. The van der Waals surface area contributed by atoms with Gasteiger partial charge in [0.15, 0.2) is 0 Å². The van der Waals surface area contributed by atoms with Crippen molar-refractivity contribution in [3.63, 3.8) is 0 Å². The number of rotatable bonds is 6. The molecule has 0 saturated heterocycles. The third-order valence-corrected chi connectivity index (χ3v) is 4.63. The number of ether oxygens (including phenoxy) is 1. The van der Waals surface area contributed by atoms with Gasteiger partial charge in [0.25, 0.3) is 0 Å². The Morgan fingerprint density at radius 3 is 2.46 bits per heavy atom. The van der Waals surface area contributed by atoms with E-state index in [1.165, 1.54) is 12.1 Å². The lowest BCUT2D eigenvalue weighted by Gasteiger charge is -2.09. The highest BCUT2D eigenvalue weighted by atomic mass is 79.9. The van der Waals surface area contributed by atoms with Crippen molar-refractivity contribution in [3.8, 4) is 11.8 Å². The molecule has 0 bridgehead atoms. The van der Waals surface area contributed by atoms with Gasteiger partial charge in [-0.3, -0.25) is 4.79 Å². The van der Waals surface area contributed by atoms with E-state index < -0.39 is 0 Å². The van der Waals surface area contributed by atoms with E-state index in [9.17, 15) is 14.4 Å². The first-order valence-corrected chi connectivity index (χ1v) is 9.25. The lowest BCUT2D eigenvalue weighted by atomic mass is 10.0. The highest BCUT2D eigenvalue weighted by Crippen LogP contribution is 2.28. The maximum atomic E-state index is 13.7. The van der Waals surface area contributed by atoms with Crippen LogP contribution in [0.4, 0.5) is 4.39 Å². The van der Waals surface area contributed by atoms with Crippen LogP contribution in [0.3, 0.4) is 0 Å². The normalized spacial score (nSPS) is 11.0. The van der Waals surface area contributed by atoms with E-state index in [0.29, 0.717) is 26.9 Å². The van der Waals surface area contributed by atoms with E-state index in [1.54, 1.807) is 60.7 Å². The van der Waals surface area contributed by atoms with E-state index >= 15 is 0 Å². The van der Waals surface area contributed by atoms with Gasteiger partial charge in [0, 0.05) is 11.1 Å². The number of carbonyl (C=O) groups excluding carboxylic acids is 1. The van der Waals surface area contributed by atoms with Crippen LogP contribution in [0.15, 0.2) is 82.8 Å². The molecule has 0 saturated carbocycles. The summed E-state index contributed by atoms with van der Waals surface area (Å²) in [6, 6.07) is 22.2. The molecule has 0 aliphatic heterocycles. The van der Waals surface area contributed by atoms with Crippen molar-refractivity contribution in [1.82, 2.24) is 0 Å². The fourth-order valence-electron chi connectivity index (χ4n) is 2.56. The van der Waals surface area contributed by atoms with Crippen LogP contribution in [-0.4, -0.2) is 5.78 Å². The van der Waals surface area contributed by atoms with Crippen LogP contribution in [0.5, 0.6) is 5.75 Å². The first-order valence-electron chi connectivity index (χ1n) is 8.46. The molecule has 3 aromatic carbocycles. The maximum absolute atomic E-state index is 13.7. The Morgan fingerprint density at radius 1 is 1.07 bits per heavy atom. The van der Waals surface area contributed by atoms with Gasteiger partial charge in [-0.2, -0.15) is 5.26 Å². The number of halogens is 2. The van der Waals surface area contributed by atoms with Crippen LogP contribution in [0, 0.1) is 17.1 Å². The summed E-state index contributed by atoms with van der Waals surface area (Å²) in [5.74, 6) is -0.122.